The van der Waals surface area contributed by atoms with Crippen LogP contribution in [0.4, 0.5) is 14.5 Å². The van der Waals surface area contributed by atoms with Crippen LogP contribution in [-0.4, -0.2) is 48.0 Å². The topological polar surface area (TPSA) is 80.8 Å². The molecule has 2 aromatic carbocycles. The first-order valence-corrected chi connectivity index (χ1v) is 10.8. The van der Waals surface area contributed by atoms with E-state index in [1.54, 1.807) is 24.4 Å². The van der Waals surface area contributed by atoms with Crippen molar-refractivity contribution in [2.45, 2.75) is 6.92 Å². The van der Waals surface area contributed by atoms with Crippen LogP contribution in [0.2, 0.25) is 0 Å². The van der Waals surface area contributed by atoms with Crippen molar-refractivity contribution < 1.29 is 27.8 Å². The van der Waals surface area contributed by atoms with Crippen molar-refractivity contribution in [2.24, 2.45) is 5.92 Å². The van der Waals surface area contributed by atoms with Crippen LogP contribution in [-0.2, 0) is 4.79 Å². The van der Waals surface area contributed by atoms with Crippen molar-refractivity contribution in [2.75, 3.05) is 31.6 Å². The Bertz CT molecular complexity index is 1290. The van der Waals surface area contributed by atoms with Gasteiger partial charge in [0.25, 0.3) is 11.8 Å². The Kier molecular flexibility index (Phi) is 5.61. The molecule has 3 heterocycles. The zero-order valence-electron chi connectivity index (χ0n) is 18.3. The van der Waals surface area contributed by atoms with Gasteiger partial charge in [-0.2, -0.15) is 0 Å². The predicted molar refractivity (Wildman–Crippen MR) is 120 cm³/mol. The van der Waals surface area contributed by atoms with Crippen LogP contribution in [0.25, 0.3) is 11.1 Å². The number of anilines is 1. The fourth-order valence-electron chi connectivity index (χ4n) is 4.06. The molecule has 2 aliphatic heterocycles. The maximum absolute atomic E-state index is 14.6. The van der Waals surface area contributed by atoms with Crippen molar-refractivity contribution in [3.05, 3.63) is 71.6 Å². The molecule has 0 bridgehead atoms. The minimum Gasteiger partial charge on any atom is -0.490 e. The quantitative estimate of drug-likeness (QED) is 0.620. The van der Waals surface area contributed by atoms with Gasteiger partial charge in [0.2, 0.25) is 0 Å². The minimum absolute atomic E-state index is 0.00711. The summed E-state index contributed by atoms with van der Waals surface area (Å²) in [5.41, 5.74) is 2.49. The molecule has 1 saturated heterocycles. The van der Waals surface area contributed by atoms with Gasteiger partial charge in [-0.3, -0.25) is 14.6 Å². The number of fused-ring (bicyclic) bond motifs is 1. The monoisotopic (exact) mass is 465 g/mol. The van der Waals surface area contributed by atoms with Crippen LogP contribution in [0.15, 0.2) is 48.7 Å². The van der Waals surface area contributed by atoms with E-state index in [1.807, 2.05) is 13.0 Å². The average Bonchev–Trinajstić information content (AvgIpc) is 2.79. The lowest BCUT2D eigenvalue weighted by atomic mass is 9.99. The Balaban J connectivity index is 1.18. The number of rotatable bonds is 5. The lowest BCUT2D eigenvalue weighted by Gasteiger charge is -2.39. The average molecular weight is 465 g/mol. The van der Waals surface area contributed by atoms with E-state index in [9.17, 15) is 18.4 Å². The van der Waals surface area contributed by atoms with Crippen LogP contribution in [0.1, 0.15) is 16.1 Å². The molecular weight excluding hydrogens is 444 g/mol. The number of pyridine rings is 1. The van der Waals surface area contributed by atoms with Crippen molar-refractivity contribution in [3.63, 3.8) is 0 Å². The van der Waals surface area contributed by atoms with E-state index in [-0.39, 0.29) is 47.8 Å². The van der Waals surface area contributed by atoms with Crippen LogP contribution in [0.5, 0.6) is 11.5 Å². The van der Waals surface area contributed by atoms with Gasteiger partial charge in [-0.25, -0.2) is 8.78 Å². The van der Waals surface area contributed by atoms with Gasteiger partial charge in [0.05, 0.1) is 17.9 Å². The summed E-state index contributed by atoms with van der Waals surface area (Å²) in [6.07, 6.45) is 1.69. The number of nitrogens with zero attached hydrogens (tertiary/aromatic N) is 2. The van der Waals surface area contributed by atoms with E-state index in [2.05, 4.69) is 10.3 Å². The molecule has 5 rings (SSSR count). The number of likely N-dealkylation sites (tertiary alicyclic amines) is 1. The molecule has 34 heavy (non-hydrogen) atoms. The minimum atomic E-state index is -0.717. The molecule has 1 N–H and O–H groups in total. The van der Waals surface area contributed by atoms with E-state index in [0.717, 1.165) is 17.3 Å². The van der Waals surface area contributed by atoms with E-state index in [0.29, 0.717) is 18.7 Å². The largest absolute Gasteiger partial charge is 0.490 e. The number of carbonyl (C=O) groups excluding carboxylic acids is 2. The zero-order valence-corrected chi connectivity index (χ0v) is 18.3. The van der Waals surface area contributed by atoms with Crippen LogP contribution < -0.4 is 14.8 Å². The van der Waals surface area contributed by atoms with E-state index >= 15 is 0 Å². The summed E-state index contributed by atoms with van der Waals surface area (Å²) >= 11 is 0. The molecule has 9 heteroatoms. The third kappa shape index (κ3) is 4.16. The molecule has 7 nitrogen and oxygen atoms in total. The molecule has 1 fully saturated rings. The fourth-order valence-corrected chi connectivity index (χ4v) is 4.06. The smallest absolute Gasteiger partial charge is 0.262 e. The molecule has 1 aromatic heterocycles. The van der Waals surface area contributed by atoms with Gasteiger partial charge in [0.15, 0.2) is 18.2 Å². The summed E-state index contributed by atoms with van der Waals surface area (Å²) in [7, 11) is 0. The summed E-state index contributed by atoms with van der Waals surface area (Å²) in [4.78, 5) is 29.9. The SMILES string of the molecule is Cc1ncccc1-c1ccc(OCC2CN(C(=O)c3cc4c(cc3F)OCC(=O)N4)C2)c(F)c1. The Morgan fingerprint density at radius 3 is 2.79 bits per heavy atom. The first-order valence-electron chi connectivity index (χ1n) is 10.8. The number of ether oxygens (including phenoxy) is 2. The molecule has 2 aliphatic rings. The highest BCUT2D eigenvalue weighted by atomic mass is 19.1. The van der Waals surface area contributed by atoms with Gasteiger partial charge in [-0.15, -0.1) is 0 Å². The maximum atomic E-state index is 14.6. The Morgan fingerprint density at radius 1 is 1.21 bits per heavy atom. The second-order valence-electron chi connectivity index (χ2n) is 8.33. The molecule has 0 saturated carbocycles. The number of amides is 2. The summed E-state index contributed by atoms with van der Waals surface area (Å²) < 4.78 is 39.8. The van der Waals surface area contributed by atoms with Crippen LogP contribution >= 0.6 is 0 Å². The maximum Gasteiger partial charge on any atom is 0.262 e. The van der Waals surface area contributed by atoms with E-state index in [4.69, 9.17) is 9.47 Å². The summed E-state index contributed by atoms with van der Waals surface area (Å²) in [6.45, 7) is 2.60. The number of nitrogens with one attached hydrogen (secondary N) is 1. The molecule has 0 atom stereocenters. The molecule has 0 unspecified atom stereocenters. The fraction of sp³-hybridized carbons (Fsp3) is 0.240. The van der Waals surface area contributed by atoms with Gasteiger partial charge < -0.3 is 19.7 Å². The first kappa shape index (κ1) is 21.8. The molecule has 2 amide bonds. The van der Waals surface area contributed by atoms with Crippen molar-refractivity contribution in [1.29, 1.82) is 0 Å². The summed E-state index contributed by atoms with van der Waals surface area (Å²) in [6, 6.07) is 10.8. The number of hydrogen-bond donors (Lipinski definition) is 1. The van der Waals surface area contributed by atoms with Gasteiger partial charge in [-0.1, -0.05) is 12.1 Å². The zero-order chi connectivity index (χ0) is 23.8. The third-order valence-corrected chi connectivity index (χ3v) is 5.90. The summed E-state index contributed by atoms with van der Waals surface area (Å²) in [5, 5.41) is 2.57. The number of aromatic nitrogens is 1. The third-order valence-electron chi connectivity index (χ3n) is 5.90. The van der Waals surface area contributed by atoms with Gasteiger partial charge >= 0.3 is 0 Å². The normalized spacial score (nSPS) is 15.1. The molecule has 174 valence electrons. The van der Waals surface area contributed by atoms with E-state index < -0.39 is 17.5 Å². The molecule has 0 spiro atoms. The van der Waals surface area contributed by atoms with Gasteiger partial charge in [0, 0.05) is 42.5 Å². The second kappa shape index (κ2) is 8.74. The Labute approximate surface area is 194 Å². The summed E-state index contributed by atoms with van der Waals surface area (Å²) in [5.74, 6) is -1.73. The van der Waals surface area contributed by atoms with E-state index in [1.165, 1.54) is 17.0 Å². The number of hydrogen-bond acceptors (Lipinski definition) is 5. The number of carbonyl (C=O) groups is 2. The molecule has 0 radical (unpaired) electrons. The molecule has 3 aromatic rings. The van der Waals surface area contributed by atoms with Crippen LogP contribution in [0.3, 0.4) is 0 Å². The number of aryl methyl sites for hydroxylation is 1. The standard InChI is InChI=1S/C25H21F2N3O4/c1-14-17(3-2-6-28-14)16-4-5-22(20(27)7-16)33-12-15-10-30(11-15)25(32)18-8-21-23(9-19(18)26)34-13-24(31)29-21/h2-9,15H,10-13H2,1H3,(H,29,31). The van der Waals surface area contributed by atoms with Crippen molar-refractivity contribution >= 4 is 17.5 Å². The second-order valence-corrected chi connectivity index (χ2v) is 8.33. The number of benzene rings is 2. The van der Waals surface area contributed by atoms with Crippen molar-refractivity contribution in [1.82, 2.24) is 9.88 Å². The first-order chi connectivity index (χ1) is 16.4. The Hall–Kier alpha value is -4.01. The Morgan fingerprint density at radius 2 is 2.03 bits per heavy atom. The van der Waals surface area contributed by atoms with Gasteiger partial charge in [0.1, 0.15) is 11.6 Å². The van der Waals surface area contributed by atoms with Crippen molar-refractivity contribution in [3.8, 4) is 22.6 Å². The highest BCUT2D eigenvalue weighted by Crippen LogP contribution is 2.32. The molecule has 0 aliphatic carbocycles. The van der Waals surface area contributed by atoms with Crippen LogP contribution in [0, 0.1) is 24.5 Å². The lowest BCUT2D eigenvalue weighted by molar-refractivity contribution is -0.118. The lowest BCUT2D eigenvalue weighted by Crippen LogP contribution is -2.52. The van der Waals surface area contributed by atoms with Gasteiger partial charge in [-0.05, 0) is 36.8 Å². The highest BCUT2D eigenvalue weighted by Gasteiger charge is 2.34. The molecular formula is C25H21F2N3O4. The predicted octanol–water partition coefficient (Wildman–Crippen LogP) is 3.82. The highest BCUT2D eigenvalue weighted by molar-refractivity contribution is 6.00. The number of halogens is 2.